The van der Waals surface area contributed by atoms with E-state index in [4.69, 9.17) is 0 Å². The first-order chi connectivity index (χ1) is 9.65. The minimum absolute atomic E-state index is 0.0150. The predicted molar refractivity (Wildman–Crippen MR) is 71.2 cm³/mol. The minimum atomic E-state index is -1.07. The summed E-state index contributed by atoms with van der Waals surface area (Å²) in [6.07, 6.45) is 4.75. The molecule has 2 aromatic rings. The molecule has 106 valence electrons. The Morgan fingerprint density at radius 2 is 2.05 bits per heavy atom. The molecule has 1 aliphatic heterocycles. The Hall–Kier alpha value is -1.95. The highest BCUT2D eigenvalue weighted by Crippen LogP contribution is 2.18. The first-order valence-electron chi connectivity index (χ1n) is 6.77. The summed E-state index contributed by atoms with van der Waals surface area (Å²) in [5.41, 5.74) is 1.03. The molecule has 1 saturated heterocycles. The largest absolute Gasteiger partial charge is 0.476 e. The van der Waals surface area contributed by atoms with Crippen LogP contribution in [-0.2, 0) is 6.54 Å². The summed E-state index contributed by atoms with van der Waals surface area (Å²) < 4.78 is 14.9. The van der Waals surface area contributed by atoms with Crippen LogP contribution in [0.25, 0.3) is 5.65 Å². The molecular weight excluding hydrogens is 261 g/mol. The van der Waals surface area contributed by atoms with E-state index in [9.17, 15) is 14.3 Å². The van der Waals surface area contributed by atoms with Crippen molar-refractivity contribution in [1.29, 1.82) is 0 Å². The van der Waals surface area contributed by atoms with Crippen LogP contribution in [-0.4, -0.2) is 38.4 Å². The van der Waals surface area contributed by atoms with Gasteiger partial charge in [0.05, 0.1) is 5.69 Å². The van der Waals surface area contributed by atoms with Crippen molar-refractivity contribution < 1.29 is 14.3 Å². The maximum atomic E-state index is 13.4. The zero-order chi connectivity index (χ0) is 14.1. The van der Waals surface area contributed by atoms with Gasteiger partial charge < -0.3 is 5.11 Å². The lowest BCUT2D eigenvalue weighted by Crippen LogP contribution is -2.30. The fourth-order valence-electron chi connectivity index (χ4n) is 2.72. The van der Waals surface area contributed by atoms with E-state index in [1.54, 1.807) is 4.40 Å². The maximum Gasteiger partial charge on any atom is 0.356 e. The number of aromatic carboxylic acids is 1. The van der Waals surface area contributed by atoms with Gasteiger partial charge in [-0.2, -0.15) is 0 Å². The summed E-state index contributed by atoms with van der Waals surface area (Å²) in [5, 5.41) is 9.28. The molecule has 6 heteroatoms. The van der Waals surface area contributed by atoms with Gasteiger partial charge in [-0.25, -0.2) is 14.2 Å². The van der Waals surface area contributed by atoms with Crippen LogP contribution < -0.4 is 0 Å². The summed E-state index contributed by atoms with van der Waals surface area (Å²) in [4.78, 5) is 17.6. The first kappa shape index (κ1) is 13.1. The van der Waals surface area contributed by atoms with Crippen LogP contribution in [0.15, 0.2) is 18.3 Å². The Balaban J connectivity index is 2.03. The van der Waals surface area contributed by atoms with Crippen LogP contribution in [0.3, 0.4) is 0 Å². The number of carboxylic acid groups (broad SMARTS) is 1. The third kappa shape index (κ3) is 2.38. The van der Waals surface area contributed by atoms with Gasteiger partial charge in [-0.3, -0.25) is 9.30 Å². The number of hydrogen-bond donors (Lipinski definition) is 1. The van der Waals surface area contributed by atoms with Gasteiger partial charge in [0.25, 0.3) is 0 Å². The van der Waals surface area contributed by atoms with Crippen LogP contribution in [0.5, 0.6) is 0 Å². The third-order valence-electron chi connectivity index (χ3n) is 3.71. The van der Waals surface area contributed by atoms with Crippen molar-refractivity contribution >= 4 is 11.6 Å². The molecule has 5 nitrogen and oxygen atoms in total. The highest BCUT2D eigenvalue weighted by Gasteiger charge is 2.21. The molecule has 2 aromatic heterocycles. The van der Waals surface area contributed by atoms with Crippen LogP contribution in [0, 0.1) is 5.82 Å². The zero-order valence-electron chi connectivity index (χ0n) is 11.0. The van der Waals surface area contributed by atoms with E-state index in [0.717, 1.165) is 25.9 Å². The average Bonchev–Trinajstić information content (AvgIpc) is 2.78. The highest BCUT2D eigenvalue weighted by atomic mass is 19.1. The molecule has 1 fully saturated rings. The number of rotatable bonds is 3. The lowest BCUT2D eigenvalue weighted by molar-refractivity contribution is 0.0688. The second-order valence-corrected chi connectivity index (χ2v) is 5.12. The number of likely N-dealkylation sites (tertiary alicyclic amines) is 1. The zero-order valence-corrected chi connectivity index (χ0v) is 11.0. The van der Waals surface area contributed by atoms with E-state index in [-0.39, 0.29) is 5.69 Å². The van der Waals surface area contributed by atoms with Crippen molar-refractivity contribution in [3.63, 3.8) is 0 Å². The molecule has 0 radical (unpaired) electrons. The topological polar surface area (TPSA) is 57.8 Å². The molecule has 1 N–H and O–H groups in total. The third-order valence-corrected chi connectivity index (χ3v) is 3.71. The smallest absolute Gasteiger partial charge is 0.356 e. The van der Waals surface area contributed by atoms with Gasteiger partial charge in [-0.15, -0.1) is 0 Å². The Morgan fingerprint density at radius 1 is 1.30 bits per heavy atom. The van der Waals surface area contributed by atoms with E-state index < -0.39 is 11.8 Å². The van der Waals surface area contributed by atoms with Gasteiger partial charge in [0.15, 0.2) is 5.69 Å². The quantitative estimate of drug-likeness (QED) is 0.934. The molecule has 0 spiro atoms. The molecule has 0 amide bonds. The van der Waals surface area contributed by atoms with E-state index in [1.165, 1.54) is 24.8 Å². The second-order valence-electron chi connectivity index (χ2n) is 5.12. The Bertz CT molecular complexity index is 647. The van der Waals surface area contributed by atoms with E-state index in [0.29, 0.717) is 17.9 Å². The number of nitrogens with zero attached hydrogens (tertiary/aromatic N) is 3. The van der Waals surface area contributed by atoms with Gasteiger partial charge in [0.1, 0.15) is 11.5 Å². The molecule has 0 unspecified atom stereocenters. The van der Waals surface area contributed by atoms with Crippen LogP contribution in [0.4, 0.5) is 4.39 Å². The number of fused-ring (bicyclic) bond motifs is 1. The fraction of sp³-hybridized carbons (Fsp3) is 0.429. The lowest BCUT2D eigenvalue weighted by Gasteiger charge is -2.26. The molecule has 0 saturated carbocycles. The van der Waals surface area contributed by atoms with Crippen molar-refractivity contribution in [3.8, 4) is 0 Å². The monoisotopic (exact) mass is 277 g/mol. The number of halogens is 1. The number of imidazole rings is 1. The first-order valence-corrected chi connectivity index (χ1v) is 6.77. The van der Waals surface area contributed by atoms with E-state index in [2.05, 4.69) is 9.88 Å². The number of piperidine rings is 1. The van der Waals surface area contributed by atoms with Gasteiger partial charge >= 0.3 is 5.97 Å². The summed E-state index contributed by atoms with van der Waals surface area (Å²) in [6, 6.07) is 2.79. The van der Waals surface area contributed by atoms with Gasteiger partial charge in [-0.05, 0) is 38.1 Å². The molecule has 3 rings (SSSR count). The van der Waals surface area contributed by atoms with Crippen LogP contribution >= 0.6 is 0 Å². The average molecular weight is 277 g/mol. The Labute approximate surface area is 115 Å². The highest BCUT2D eigenvalue weighted by molar-refractivity contribution is 5.88. The number of carbonyl (C=O) groups is 1. The predicted octanol–water partition coefficient (Wildman–Crippen LogP) is 2.16. The van der Waals surface area contributed by atoms with E-state index in [1.807, 2.05) is 0 Å². The second kappa shape index (κ2) is 5.20. The molecule has 1 aliphatic rings. The van der Waals surface area contributed by atoms with Crippen molar-refractivity contribution in [2.45, 2.75) is 25.8 Å². The number of aromatic nitrogens is 2. The SMILES string of the molecule is O=C(O)c1nc2ccc(F)cn2c1CN1CCCCC1. The molecule has 3 heterocycles. The molecule has 0 bridgehead atoms. The summed E-state index contributed by atoms with van der Waals surface area (Å²) >= 11 is 0. The van der Waals surface area contributed by atoms with Crippen molar-refractivity contribution in [3.05, 3.63) is 35.5 Å². The maximum absolute atomic E-state index is 13.4. The van der Waals surface area contributed by atoms with Crippen molar-refractivity contribution in [2.75, 3.05) is 13.1 Å². The normalized spacial score (nSPS) is 16.6. The fourth-order valence-corrected chi connectivity index (χ4v) is 2.72. The van der Waals surface area contributed by atoms with Crippen LogP contribution in [0.1, 0.15) is 35.4 Å². The molecule has 0 aromatic carbocycles. The van der Waals surface area contributed by atoms with Gasteiger partial charge in [-0.1, -0.05) is 6.42 Å². The summed E-state index contributed by atoms with van der Waals surface area (Å²) in [6.45, 7) is 2.38. The minimum Gasteiger partial charge on any atom is -0.476 e. The number of hydrogen-bond acceptors (Lipinski definition) is 3. The molecular formula is C14H16FN3O2. The standard InChI is InChI=1S/C14H16FN3O2/c15-10-4-5-12-16-13(14(19)20)11(18(12)8-10)9-17-6-2-1-3-7-17/h4-5,8H,1-3,6-7,9H2,(H,19,20). The molecule has 0 aliphatic carbocycles. The molecule has 0 atom stereocenters. The van der Waals surface area contributed by atoms with Gasteiger partial charge in [0, 0.05) is 12.7 Å². The summed E-state index contributed by atoms with van der Waals surface area (Å²) in [5.74, 6) is -1.46. The summed E-state index contributed by atoms with van der Waals surface area (Å²) in [7, 11) is 0. The van der Waals surface area contributed by atoms with E-state index >= 15 is 0 Å². The van der Waals surface area contributed by atoms with Crippen molar-refractivity contribution in [2.24, 2.45) is 0 Å². The van der Waals surface area contributed by atoms with Crippen molar-refractivity contribution in [1.82, 2.24) is 14.3 Å². The van der Waals surface area contributed by atoms with Crippen LogP contribution in [0.2, 0.25) is 0 Å². The number of pyridine rings is 1. The van der Waals surface area contributed by atoms with Gasteiger partial charge in [0.2, 0.25) is 0 Å². The lowest BCUT2D eigenvalue weighted by atomic mass is 10.1. The Morgan fingerprint density at radius 3 is 2.75 bits per heavy atom. The molecule has 20 heavy (non-hydrogen) atoms. The Kier molecular flexibility index (Phi) is 3.40. The number of carboxylic acids is 1.